The molecule has 1 aromatic heterocycles. The second-order valence-corrected chi connectivity index (χ2v) is 4.69. The predicted molar refractivity (Wildman–Crippen MR) is 65.9 cm³/mol. The van der Waals surface area contributed by atoms with Gasteiger partial charge in [0, 0.05) is 24.7 Å². The Bertz CT molecular complexity index is 500. The summed E-state index contributed by atoms with van der Waals surface area (Å²) in [7, 11) is 0. The zero-order chi connectivity index (χ0) is 11.0. The Morgan fingerprint density at radius 1 is 1.38 bits per heavy atom. The van der Waals surface area contributed by atoms with Crippen LogP contribution in [0.4, 0.5) is 0 Å². The number of benzene rings is 1. The molecule has 0 radical (unpaired) electrons. The third kappa shape index (κ3) is 1.72. The zero-order valence-electron chi connectivity index (χ0n) is 9.03. The fraction of sp³-hybridized carbons (Fsp3) is 0.385. The summed E-state index contributed by atoms with van der Waals surface area (Å²) < 4.78 is 7.85. The Morgan fingerprint density at radius 2 is 2.31 bits per heavy atom. The summed E-state index contributed by atoms with van der Waals surface area (Å²) in [6.07, 6.45) is 4.78. The maximum absolute atomic E-state index is 6.23. The van der Waals surface area contributed by atoms with Crippen LogP contribution in [0.3, 0.4) is 0 Å². The van der Waals surface area contributed by atoms with Crippen molar-refractivity contribution in [2.45, 2.75) is 25.5 Å². The van der Waals surface area contributed by atoms with Crippen LogP contribution in [-0.2, 0) is 11.3 Å². The average molecular weight is 236 g/mol. The van der Waals surface area contributed by atoms with Crippen LogP contribution in [0.2, 0.25) is 5.02 Å². The SMILES string of the molecule is Clc1cccc2ccn(CC3CCCO3)c12. The number of rotatable bonds is 2. The maximum atomic E-state index is 6.23. The van der Waals surface area contributed by atoms with E-state index in [-0.39, 0.29) is 0 Å². The molecule has 2 aromatic rings. The molecule has 0 N–H and O–H groups in total. The van der Waals surface area contributed by atoms with E-state index in [1.165, 1.54) is 11.8 Å². The van der Waals surface area contributed by atoms with Crippen LogP contribution in [-0.4, -0.2) is 17.3 Å². The number of halogens is 1. The molecule has 0 aliphatic carbocycles. The average Bonchev–Trinajstić information content (AvgIpc) is 2.90. The largest absolute Gasteiger partial charge is 0.376 e. The predicted octanol–water partition coefficient (Wildman–Crippen LogP) is 3.47. The molecular weight excluding hydrogens is 222 g/mol. The van der Waals surface area contributed by atoms with Crippen molar-refractivity contribution in [2.24, 2.45) is 0 Å². The van der Waals surface area contributed by atoms with E-state index in [0.717, 1.165) is 30.1 Å². The quantitative estimate of drug-likeness (QED) is 0.778. The summed E-state index contributed by atoms with van der Waals surface area (Å²) >= 11 is 6.23. The van der Waals surface area contributed by atoms with E-state index in [1.54, 1.807) is 0 Å². The fourth-order valence-corrected chi connectivity index (χ4v) is 2.66. The lowest BCUT2D eigenvalue weighted by Gasteiger charge is -2.12. The molecule has 1 unspecified atom stereocenters. The minimum absolute atomic E-state index is 0.354. The van der Waals surface area contributed by atoms with E-state index in [0.29, 0.717) is 6.10 Å². The monoisotopic (exact) mass is 235 g/mol. The summed E-state index contributed by atoms with van der Waals surface area (Å²) in [5.41, 5.74) is 1.12. The van der Waals surface area contributed by atoms with E-state index in [4.69, 9.17) is 16.3 Å². The first-order valence-corrected chi connectivity index (χ1v) is 6.07. The number of nitrogens with zero attached hydrogens (tertiary/aromatic N) is 1. The van der Waals surface area contributed by atoms with Crippen molar-refractivity contribution >= 4 is 22.5 Å². The van der Waals surface area contributed by atoms with Crippen LogP contribution >= 0.6 is 11.6 Å². The molecule has 3 rings (SSSR count). The molecule has 1 aromatic carbocycles. The molecular formula is C13H14ClNO. The lowest BCUT2D eigenvalue weighted by atomic mass is 10.2. The van der Waals surface area contributed by atoms with Crippen molar-refractivity contribution in [1.29, 1.82) is 0 Å². The van der Waals surface area contributed by atoms with E-state index in [2.05, 4.69) is 22.9 Å². The number of fused-ring (bicyclic) bond motifs is 1. The minimum Gasteiger partial charge on any atom is -0.376 e. The van der Waals surface area contributed by atoms with Crippen LogP contribution in [0.5, 0.6) is 0 Å². The highest BCUT2D eigenvalue weighted by Crippen LogP contribution is 2.25. The Morgan fingerprint density at radius 3 is 3.12 bits per heavy atom. The summed E-state index contributed by atoms with van der Waals surface area (Å²) in [6, 6.07) is 8.13. The third-order valence-corrected chi connectivity index (χ3v) is 3.47. The van der Waals surface area contributed by atoms with Crippen molar-refractivity contribution in [2.75, 3.05) is 6.61 Å². The van der Waals surface area contributed by atoms with E-state index in [1.807, 2.05) is 12.1 Å². The van der Waals surface area contributed by atoms with Gasteiger partial charge in [0.05, 0.1) is 16.6 Å². The first kappa shape index (κ1) is 10.2. The van der Waals surface area contributed by atoms with Gasteiger partial charge in [-0.15, -0.1) is 0 Å². The summed E-state index contributed by atoms with van der Waals surface area (Å²) in [5, 5.41) is 2.02. The maximum Gasteiger partial charge on any atom is 0.0754 e. The van der Waals surface area contributed by atoms with Crippen LogP contribution in [0.15, 0.2) is 30.5 Å². The van der Waals surface area contributed by atoms with Gasteiger partial charge in [-0.05, 0) is 25.0 Å². The van der Waals surface area contributed by atoms with Gasteiger partial charge >= 0.3 is 0 Å². The van der Waals surface area contributed by atoms with Crippen molar-refractivity contribution in [3.05, 3.63) is 35.5 Å². The molecule has 0 amide bonds. The first-order chi connectivity index (χ1) is 7.84. The van der Waals surface area contributed by atoms with Gasteiger partial charge in [0.15, 0.2) is 0 Å². The first-order valence-electron chi connectivity index (χ1n) is 5.69. The number of aromatic nitrogens is 1. The van der Waals surface area contributed by atoms with Gasteiger partial charge in [-0.2, -0.15) is 0 Å². The van der Waals surface area contributed by atoms with E-state index >= 15 is 0 Å². The highest BCUT2D eigenvalue weighted by atomic mass is 35.5. The zero-order valence-corrected chi connectivity index (χ0v) is 9.78. The molecule has 1 atom stereocenters. The van der Waals surface area contributed by atoms with Gasteiger partial charge in [-0.1, -0.05) is 23.7 Å². The Balaban J connectivity index is 1.97. The highest BCUT2D eigenvalue weighted by molar-refractivity contribution is 6.35. The van der Waals surface area contributed by atoms with Crippen LogP contribution < -0.4 is 0 Å². The van der Waals surface area contributed by atoms with Crippen molar-refractivity contribution in [3.8, 4) is 0 Å². The van der Waals surface area contributed by atoms with Gasteiger partial charge in [-0.25, -0.2) is 0 Å². The Labute approximate surface area is 99.8 Å². The lowest BCUT2D eigenvalue weighted by Crippen LogP contribution is -2.14. The highest BCUT2D eigenvalue weighted by Gasteiger charge is 2.17. The normalized spacial score (nSPS) is 20.7. The topological polar surface area (TPSA) is 14.2 Å². The van der Waals surface area contributed by atoms with Gasteiger partial charge in [0.1, 0.15) is 0 Å². The van der Waals surface area contributed by atoms with Gasteiger partial charge in [0.25, 0.3) is 0 Å². The van der Waals surface area contributed by atoms with Crippen molar-refractivity contribution < 1.29 is 4.74 Å². The summed E-state index contributed by atoms with van der Waals surface area (Å²) in [4.78, 5) is 0. The summed E-state index contributed by atoms with van der Waals surface area (Å²) in [5.74, 6) is 0. The molecule has 0 saturated carbocycles. The Kier molecular flexibility index (Phi) is 2.62. The molecule has 1 fully saturated rings. The minimum atomic E-state index is 0.354. The fourth-order valence-electron chi connectivity index (χ4n) is 2.37. The Hall–Kier alpha value is -0.990. The smallest absolute Gasteiger partial charge is 0.0754 e. The molecule has 84 valence electrons. The third-order valence-electron chi connectivity index (χ3n) is 3.16. The van der Waals surface area contributed by atoms with Gasteiger partial charge in [-0.3, -0.25) is 0 Å². The molecule has 16 heavy (non-hydrogen) atoms. The number of ether oxygens (including phenoxy) is 1. The van der Waals surface area contributed by atoms with Crippen molar-refractivity contribution in [1.82, 2.24) is 4.57 Å². The molecule has 2 nitrogen and oxygen atoms in total. The molecule has 3 heteroatoms. The molecule has 0 bridgehead atoms. The van der Waals surface area contributed by atoms with E-state index < -0.39 is 0 Å². The van der Waals surface area contributed by atoms with Crippen LogP contribution in [0, 0.1) is 0 Å². The molecule has 1 saturated heterocycles. The molecule has 1 aliphatic heterocycles. The second-order valence-electron chi connectivity index (χ2n) is 4.28. The molecule has 1 aliphatic rings. The second kappa shape index (κ2) is 4.11. The number of hydrogen-bond acceptors (Lipinski definition) is 1. The van der Waals surface area contributed by atoms with Crippen molar-refractivity contribution in [3.63, 3.8) is 0 Å². The van der Waals surface area contributed by atoms with Crippen LogP contribution in [0.1, 0.15) is 12.8 Å². The number of hydrogen-bond donors (Lipinski definition) is 0. The summed E-state index contributed by atoms with van der Waals surface area (Å²) in [6.45, 7) is 1.81. The van der Waals surface area contributed by atoms with E-state index in [9.17, 15) is 0 Å². The van der Waals surface area contributed by atoms with Crippen LogP contribution in [0.25, 0.3) is 10.9 Å². The molecule has 0 spiro atoms. The number of para-hydroxylation sites is 1. The lowest BCUT2D eigenvalue weighted by molar-refractivity contribution is 0.0980. The van der Waals surface area contributed by atoms with Gasteiger partial charge < -0.3 is 9.30 Å². The molecule has 2 heterocycles. The van der Waals surface area contributed by atoms with Gasteiger partial charge in [0.2, 0.25) is 0 Å². The standard InChI is InChI=1S/C13H14ClNO/c14-12-5-1-3-10-6-7-15(13(10)12)9-11-4-2-8-16-11/h1,3,5-7,11H,2,4,8-9H2.